The monoisotopic (exact) mass is 335 g/mol. The molecule has 0 atom stereocenters. The average Bonchev–Trinajstić information content (AvgIpc) is 2.93. The largest absolute Gasteiger partial charge is 0.493 e. The third-order valence-electron chi connectivity index (χ3n) is 2.97. The van der Waals surface area contributed by atoms with E-state index in [1.165, 1.54) is 18.4 Å². The van der Waals surface area contributed by atoms with E-state index in [9.17, 15) is 9.59 Å². The molecule has 2 rings (SSSR count). The summed E-state index contributed by atoms with van der Waals surface area (Å²) in [6, 6.07) is 5.29. The fourth-order valence-corrected chi connectivity index (χ4v) is 2.69. The number of nitrogens with two attached hydrogens (primary N) is 1. The lowest BCUT2D eigenvalue weighted by atomic mass is 10.1. The molecule has 2 aromatic rings. The number of hydrogen-bond donors (Lipinski definition) is 2. The summed E-state index contributed by atoms with van der Waals surface area (Å²) >= 11 is 1.25. The van der Waals surface area contributed by atoms with Crippen LogP contribution < -0.4 is 20.5 Å². The van der Waals surface area contributed by atoms with E-state index in [-0.39, 0.29) is 18.7 Å². The highest BCUT2D eigenvalue weighted by atomic mass is 32.1. The van der Waals surface area contributed by atoms with Gasteiger partial charge in [0.2, 0.25) is 11.8 Å². The standard InChI is InChI=1S/C15H17N3O4S/c1-21-11-4-3-9(5-12(11)22-2)6-14(20)18-15-17-10(8-23-15)7-13(16)19/h3-5,8H,6-7H2,1-2H3,(H2,16,19)(H,17,18,20). The molecule has 0 bridgehead atoms. The van der Waals surface area contributed by atoms with Gasteiger partial charge in [0.15, 0.2) is 16.6 Å². The molecular formula is C15H17N3O4S. The van der Waals surface area contributed by atoms with Crippen LogP contribution in [0.2, 0.25) is 0 Å². The van der Waals surface area contributed by atoms with Crippen LogP contribution in [0.5, 0.6) is 11.5 Å². The van der Waals surface area contributed by atoms with Crippen LogP contribution in [0.3, 0.4) is 0 Å². The number of benzene rings is 1. The van der Waals surface area contributed by atoms with E-state index < -0.39 is 5.91 Å². The fraction of sp³-hybridized carbons (Fsp3) is 0.267. The summed E-state index contributed by atoms with van der Waals surface area (Å²) in [4.78, 5) is 27.0. The van der Waals surface area contributed by atoms with Gasteiger partial charge in [-0.25, -0.2) is 4.98 Å². The lowest BCUT2D eigenvalue weighted by molar-refractivity contribution is -0.117. The molecule has 1 aromatic heterocycles. The molecule has 0 fully saturated rings. The third kappa shape index (κ3) is 4.68. The highest BCUT2D eigenvalue weighted by Crippen LogP contribution is 2.27. The van der Waals surface area contributed by atoms with Crippen molar-refractivity contribution in [2.45, 2.75) is 12.8 Å². The van der Waals surface area contributed by atoms with Crippen molar-refractivity contribution >= 4 is 28.3 Å². The molecule has 8 heteroatoms. The molecule has 0 unspecified atom stereocenters. The van der Waals surface area contributed by atoms with Crippen molar-refractivity contribution < 1.29 is 19.1 Å². The van der Waals surface area contributed by atoms with Crippen LogP contribution in [0.1, 0.15) is 11.3 Å². The Balaban J connectivity index is 1.99. The molecule has 3 N–H and O–H groups in total. The molecule has 0 spiro atoms. The number of anilines is 1. The zero-order chi connectivity index (χ0) is 16.8. The Hall–Kier alpha value is -2.61. The first kappa shape index (κ1) is 16.8. The van der Waals surface area contributed by atoms with Crippen LogP contribution in [-0.2, 0) is 22.4 Å². The van der Waals surface area contributed by atoms with Crippen molar-refractivity contribution in [2.24, 2.45) is 5.73 Å². The van der Waals surface area contributed by atoms with Gasteiger partial charge in [0, 0.05) is 5.38 Å². The molecule has 0 aliphatic rings. The first-order valence-corrected chi connectivity index (χ1v) is 7.63. The molecule has 0 aliphatic carbocycles. The smallest absolute Gasteiger partial charge is 0.230 e. The van der Waals surface area contributed by atoms with E-state index >= 15 is 0 Å². The van der Waals surface area contributed by atoms with Crippen LogP contribution in [0.15, 0.2) is 23.6 Å². The first-order valence-electron chi connectivity index (χ1n) is 6.75. The number of ether oxygens (including phenoxy) is 2. The maximum atomic E-state index is 12.1. The number of thiazole rings is 1. The second kappa shape index (κ2) is 7.59. The van der Waals surface area contributed by atoms with E-state index in [0.717, 1.165) is 5.56 Å². The summed E-state index contributed by atoms with van der Waals surface area (Å²) in [5.41, 5.74) is 6.44. The number of carbonyl (C=O) groups excluding carboxylic acids is 2. The van der Waals surface area contributed by atoms with Crippen LogP contribution >= 0.6 is 11.3 Å². The van der Waals surface area contributed by atoms with E-state index in [1.807, 2.05) is 0 Å². The van der Waals surface area contributed by atoms with Gasteiger partial charge in [0.25, 0.3) is 0 Å². The highest BCUT2D eigenvalue weighted by Gasteiger charge is 2.11. The number of carbonyl (C=O) groups is 2. The summed E-state index contributed by atoms with van der Waals surface area (Å²) < 4.78 is 10.4. The zero-order valence-electron chi connectivity index (χ0n) is 12.8. The Morgan fingerprint density at radius 2 is 1.96 bits per heavy atom. The van der Waals surface area contributed by atoms with Crippen molar-refractivity contribution in [3.8, 4) is 11.5 Å². The van der Waals surface area contributed by atoms with Crippen molar-refractivity contribution in [2.75, 3.05) is 19.5 Å². The molecule has 23 heavy (non-hydrogen) atoms. The fourth-order valence-electron chi connectivity index (χ4n) is 1.96. The summed E-state index contributed by atoms with van der Waals surface area (Å²) in [5.74, 6) is 0.499. The quantitative estimate of drug-likeness (QED) is 0.795. The molecule has 7 nitrogen and oxygen atoms in total. The Kier molecular flexibility index (Phi) is 5.53. The van der Waals surface area contributed by atoms with Crippen LogP contribution in [0.4, 0.5) is 5.13 Å². The summed E-state index contributed by atoms with van der Waals surface area (Å²) in [5, 5.41) is 4.82. The Labute approximate surface area is 137 Å². The number of hydrogen-bond acceptors (Lipinski definition) is 6. The normalized spacial score (nSPS) is 10.2. The molecule has 2 amide bonds. The van der Waals surface area contributed by atoms with Gasteiger partial charge in [-0.05, 0) is 17.7 Å². The van der Waals surface area contributed by atoms with Gasteiger partial charge in [-0.3, -0.25) is 9.59 Å². The van der Waals surface area contributed by atoms with Crippen molar-refractivity contribution in [3.63, 3.8) is 0 Å². The highest BCUT2D eigenvalue weighted by molar-refractivity contribution is 7.13. The number of amides is 2. The van der Waals surface area contributed by atoms with Crippen molar-refractivity contribution in [1.82, 2.24) is 4.98 Å². The first-order chi connectivity index (χ1) is 11.0. The molecule has 0 saturated heterocycles. The maximum Gasteiger partial charge on any atom is 0.230 e. The minimum atomic E-state index is -0.460. The van der Waals surface area contributed by atoms with E-state index in [4.69, 9.17) is 15.2 Å². The van der Waals surface area contributed by atoms with Gasteiger partial charge in [0.05, 0.1) is 32.8 Å². The van der Waals surface area contributed by atoms with Crippen LogP contribution in [0.25, 0.3) is 0 Å². The van der Waals surface area contributed by atoms with Gasteiger partial charge >= 0.3 is 0 Å². The third-order valence-corrected chi connectivity index (χ3v) is 3.77. The second-order valence-electron chi connectivity index (χ2n) is 4.70. The average molecular weight is 335 g/mol. The number of rotatable bonds is 7. The van der Waals surface area contributed by atoms with E-state index in [0.29, 0.717) is 22.3 Å². The minimum Gasteiger partial charge on any atom is -0.493 e. The molecular weight excluding hydrogens is 318 g/mol. The minimum absolute atomic E-state index is 0.0576. The molecule has 1 heterocycles. The van der Waals surface area contributed by atoms with Crippen molar-refractivity contribution in [1.29, 1.82) is 0 Å². The van der Waals surface area contributed by atoms with Gasteiger partial charge in [-0.15, -0.1) is 11.3 Å². The maximum absolute atomic E-state index is 12.1. The number of nitrogens with one attached hydrogen (secondary N) is 1. The van der Waals surface area contributed by atoms with Gasteiger partial charge in [0.1, 0.15) is 0 Å². The van der Waals surface area contributed by atoms with E-state index in [1.54, 1.807) is 30.7 Å². The molecule has 1 aromatic carbocycles. The lowest BCUT2D eigenvalue weighted by Crippen LogP contribution is -2.15. The summed E-state index contributed by atoms with van der Waals surface area (Å²) in [7, 11) is 3.09. The summed E-state index contributed by atoms with van der Waals surface area (Å²) in [6.07, 6.45) is 0.229. The number of methoxy groups -OCH3 is 2. The number of primary amides is 1. The van der Waals surface area contributed by atoms with E-state index in [2.05, 4.69) is 10.3 Å². The predicted molar refractivity (Wildman–Crippen MR) is 86.9 cm³/mol. The summed E-state index contributed by atoms with van der Waals surface area (Å²) in [6.45, 7) is 0. The van der Waals surface area contributed by atoms with Gasteiger partial charge < -0.3 is 20.5 Å². The SMILES string of the molecule is COc1ccc(CC(=O)Nc2nc(CC(N)=O)cs2)cc1OC. The molecule has 0 aliphatic heterocycles. The molecule has 0 saturated carbocycles. The second-order valence-corrected chi connectivity index (χ2v) is 5.56. The zero-order valence-corrected chi connectivity index (χ0v) is 13.6. The van der Waals surface area contributed by atoms with Crippen molar-refractivity contribution in [3.05, 3.63) is 34.8 Å². The predicted octanol–water partition coefficient (Wildman–Crippen LogP) is 1.37. The number of nitrogens with zero attached hydrogens (tertiary/aromatic N) is 1. The van der Waals surface area contributed by atoms with Crippen LogP contribution in [0, 0.1) is 0 Å². The Morgan fingerprint density at radius 3 is 2.61 bits per heavy atom. The lowest BCUT2D eigenvalue weighted by Gasteiger charge is -2.09. The Bertz CT molecular complexity index is 714. The molecule has 122 valence electrons. The Morgan fingerprint density at radius 1 is 1.22 bits per heavy atom. The van der Waals surface area contributed by atoms with Gasteiger partial charge in [-0.2, -0.15) is 0 Å². The van der Waals surface area contributed by atoms with Gasteiger partial charge in [-0.1, -0.05) is 6.07 Å². The molecule has 0 radical (unpaired) electrons. The van der Waals surface area contributed by atoms with Crippen LogP contribution in [-0.4, -0.2) is 31.0 Å². The topological polar surface area (TPSA) is 104 Å². The number of aromatic nitrogens is 1.